The number of aromatic amines is 1. The molecule has 0 saturated heterocycles. The Kier molecular flexibility index (Phi) is 29.0. The lowest BCUT2D eigenvalue weighted by Gasteiger charge is -2.54. The van der Waals surface area contributed by atoms with Gasteiger partial charge in [0.2, 0.25) is 0 Å². The number of alkyl halides is 1. The lowest BCUT2D eigenvalue weighted by molar-refractivity contribution is -0.131. The highest BCUT2D eigenvalue weighted by atomic mass is 128. The minimum Gasteiger partial charge on any atom is -0.400 e. The number of halogens is 7. The molecule has 2 aromatic heterocycles. The number of hydrogen-bond acceptors (Lipinski definition) is 11. The van der Waals surface area contributed by atoms with Crippen LogP contribution in [0.5, 0.6) is 0 Å². The number of nitrogens with one attached hydrogen (secondary N) is 1. The zero-order valence-corrected chi connectivity index (χ0v) is 68.5. The smallest absolute Gasteiger partial charge is 0.157 e. The van der Waals surface area contributed by atoms with Crippen molar-refractivity contribution >= 4 is 145 Å². The largest absolute Gasteiger partial charge is 0.400 e. The molecule has 0 amide bonds. The first kappa shape index (κ1) is 77.5. The van der Waals surface area contributed by atoms with Crippen molar-refractivity contribution in [2.24, 2.45) is 123 Å². The second-order valence-electron chi connectivity index (χ2n) is 30.9. The summed E-state index contributed by atoms with van der Waals surface area (Å²) in [5.74, 6) is 12.6. The van der Waals surface area contributed by atoms with Crippen molar-refractivity contribution < 1.29 is 49.1 Å². The van der Waals surface area contributed by atoms with Crippen molar-refractivity contribution in [3.8, 4) is 12.1 Å². The molecule has 24 atom stereocenters. The Morgan fingerprint density at radius 3 is 1.18 bits per heavy atom. The molecule has 12 fully saturated rings. The van der Waals surface area contributed by atoms with Gasteiger partial charge in [0, 0.05) is 163 Å². The lowest BCUT2D eigenvalue weighted by Crippen LogP contribution is -2.49. The molecule has 14 rings (SSSR count). The summed E-state index contributed by atoms with van der Waals surface area (Å²) in [5.41, 5.74) is 0.432. The van der Waals surface area contributed by atoms with Crippen LogP contribution < -0.4 is 0 Å². The Bertz CT molecular complexity index is 2790. The van der Waals surface area contributed by atoms with Crippen LogP contribution >= 0.6 is 128 Å². The Balaban J connectivity index is -0.000000596. The van der Waals surface area contributed by atoms with Gasteiger partial charge in [-0.2, -0.15) is 20.7 Å². The molecule has 5 N–H and O–H groups in total. The molecule has 12 saturated carbocycles. The number of ketones is 3. The third-order valence-corrected chi connectivity index (χ3v) is 28.1. The van der Waals surface area contributed by atoms with Gasteiger partial charge in [0.25, 0.3) is 0 Å². The average Bonchev–Trinajstić information content (AvgIpc) is 1.65. The lowest BCUT2D eigenvalue weighted by atomic mass is 9.51. The molecule has 20 heteroatoms. The van der Waals surface area contributed by atoms with Crippen LogP contribution in [0.2, 0.25) is 0 Å². The Morgan fingerprint density at radius 1 is 0.517 bits per heavy atom. The maximum absolute atomic E-state index is 13.2. The van der Waals surface area contributed by atoms with Gasteiger partial charge in [0.15, 0.2) is 5.78 Å². The number of aliphatic hydroxyl groups excluding tert-OH is 1. The summed E-state index contributed by atoms with van der Waals surface area (Å²) in [7, 11) is 1.00. The predicted octanol–water partition coefficient (Wildman–Crippen LogP) is 20.4. The highest BCUT2D eigenvalue weighted by molar-refractivity contribution is 15.0. The van der Waals surface area contributed by atoms with E-state index in [4.69, 9.17) is 15.6 Å². The first-order valence-corrected chi connectivity index (χ1v) is 53.5. The van der Waals surface area contributed by atoms with E-state index in [-0.39, 0.29) is 48.9 Å². The van der Waals surface area contributed by atoms with Crippen LogP contribution in [0.25, 0.3) is 0 Å². The normalized spacial score (nSPS) is 44.2. The van der Waals surface area contributed by atoms with Crippen molar-refractivity contribution in [1.82, 2.24) is 20.0 Å². The highest BCUT2D eigenvalue weighted by Crippen LogP contribution is 2.69. The SMILES string of the molecule is CC(=O)[C@H]1CC[C@H]2[C@@H]3CC[C@@H]4[C@H](CC[C@]4(C)O)[C@H]3CC[C@]12C.CO.C[C@]12CC[C@@H]3[C@H]4CC[C@](C)(O)[C@@H]4CC[C@H]3[C@@H]1CC[C@@H]2C(=O)CBr.C[C@]12CC[C@@H]3[C@H]4CC[C@](C)(O)[C@@H]4CC[C@H]3[C@@H]1CC[C@@H]2C(=O)Cn1cc(C#N)cn1.II.II.II.N#Cc1cn[nH]c1.[HH].[HH].[HH].[HH].[HH].[HH].[HH].[HH].[HH].[HH]. The molecule has 12 aliphatic rings. The molecule has 89 heavy (non-hydrogen) atoms. The molecule has 13 nitrogen and oxygen atoms in total. The number of Topliss-reactive ketones (excluding diaryl/α,β-unsaturated/α-hetero) is 3. The van der Waals surface area contributed by atoms with E-state index >= 15 is 0 Å². The van der Waals surface area contributed by atoms with Crippen LogP contribution in [0, 0.1) is 145 Å². The minimum atomic E-state index is -0.462. The fourth-order valence-corrected chi connectivity index (χ4v) is 24.2. The van der Waals surface area contributed by atoms with E-state index in [1.54, 1.807) is 17.1 Å². The molecule has 0 radical (unpaired) electrons. The van der Waals surface area contributed by atoms with Crippen LogP contribution in [0.1, 0.15) is 228 Å². The van der Waals surface area contributed by atoms with Crippen LogP contribution in [0.15, 0.2) is 24.8 Å². The third-order valence-electron chi connectivity index (χ3n) is 27.6. The van der Waals surface area contributed by atoms with E-state index in [9.17, 15) is 29.7 Å². The molecular formula is C69H123BrI6N6O7. The molecule has 0 aliphatic heterocycles. The number of nitriles is 2. The van der Waals surface area contributed by atoms with Gasteiger partial charge >= 0.3 is 0 Å². The number of H-pyrrole nitrogens is 1. The predicted molar refractivity (Wildman–Crippen MR) is 428 cm³/mol. The number of carbonyl (C=O) groups excluding carboxylic acids is 3. The first-order chi connectivity index (χ1) is 42.5. The van der Waals surface area contributed by atoms with Crippen LogP contribution in [-0.4, -0.2) is 87.0 Å². The fraction of sp³-hybridized carbons (Fsp3) is 0.841. The quantitative estimate of drug-likeness (QED) is 0.135. The van der Waals surface area contributed by atoms with Crippen molar-refractivity contribution in [3.63, 3.8) is 0 Å². The zero-order valence-electron chi connectivity index (χ0n) is 54.0. The maximum Gasteiger partial charge on any atom is 0.157 e. The van der Waals surface area contributed by atoms with Gasteiger partial charge in [-0.05, 0) is 287 Å². The summed E-state index contributed by atoms with van der Waals surface area (Å²) in [6.45, 7) is 15.5. The number of aliphatic hydroxyl groups is 4. The molecule has 520 valence electrons. The van der Waals surface area contributed by atoms with E-state index in [1.165, 1.54) is 115 Å². The number of fused-ring (bicyclic) bond motifs is 15. The third kappa shape index (κ3) is 15.8. The highest BCUT2D eigenvalue weighted by Gasteiger charge is 2.64. The Hall–Kier alpha value is 1.11. The molecule has 0 bridgehead atoms. The topological polar surface area (TPSA) is 226 Å². The van der Waals surface area contributed by atoms with Gasteiger partial charge in [-0.3, -0.25) is 24.2 Å². The molecule has 0 aromatic carbocycles. The van der Waals surface area contributed by atoms with Gasteiger partial charge in [-0.15, -0.1) is 0 Å². The number of nitrogens with zero attached hydrogens (tertiary/aromatic N) is 5. The maximum atomic E-state index is 13.2. The fourth-order valence-electron chi connectivity index (χ4n) is 23.8. The van der Waals surface area contributed by atoms with E-state index < -0.39 is 16.8 Å². The van der Waals surface area contributed by atoms with Gasteiger partial charge < -0.3 is 20.4 Å². The van der Waals surface area contributed by atoms with E-state index in [0.717, 1.165) is 118 Å². The summed E-state index contributed by atoms with van der Waals surface area (Å²) < 4.78 is 1.63. The zero-order chi connectivity index (χ0) is 65.6. The molecule has 2 aromatic rings. The van der Waals surface area contributed by atoms with Gasteiger partial charge in [0.05, 0.1) is 52.2 Å². The van der Waals surface area contributed by atoms with Crippen molar-refractivity contribution in [2.75, 3.05) is 12.4 Å². The van der Waals surface area contributed by atoms with E-state index in [2.05, 4.69) is 191 Å². The van der Waals surface area contributed by atoms with Crippen LogP contribution in [0.3, 0.4) is 0 Å². The van der Waals surface area contributed by atoms with Crippen molar-refractivity contribution in [2.45, 2.75) is 226 Å². The number of rotatable bonds is 6. The number of aromatic nitrogens is 4. The summed E-state index contributed by atoms with van der Waals surface area (Å²) in [4.78, 5) is 37.7. The number of carbonyl (C=O) groups is 3. The van der Waals surface area contributed by atoms with Crippen LogP contribution in [-0.2, 0) is 20.9 Å². The summed E-state index contributed by atoms with van der Waals surface area (Å²) in [5, 5.41) is 67.1. The molecule has 12 aliphatic carbocycles. The summed E-state index contributed by atoms with van der Waals surface area (Å²) >= 11 is 16.1. The Labute approximate surface area is 626 Å². The summed E-state index contributed by atoms with van der Waals surface area (Å²) in [6.07, 6.45) is 34.6. The van der Waals surface area contributed by atoms with Crippen LogP contribution in [0.4, 0.5) is 0 Å². The van der Waals surface area contributed by atoms with Gasteiger partial charge in [-0.25, -0.2) is 0 Å². The van der Waals surface area contributed by atoms with Crippen molar-refractivity contribution in [1.29, 1.82) is 10.5 Å². The summed E-state index contributed by atoms with van der Waals surface area (Å²) in [6, 6.07) is 4.00. The molecule has 0 spiro atoms. The standard InChI is InChI=1S/C24H33N3O2.C20H31BrO2.C20H32O2.C4H3N3.CH4O.3I2.10H2/c1-23-9-7-16-17(3-4-20-18(16)8-10-24(20,2)29)19(23)5-6-21(23)22(28)14-27-13-15(11-25)12-26-27;1-19-9-7-12-13(15(19)5-6-17(19)18(22)11-21)3-4-16-14(12)8-10-20(16,2)23;1-12(21)16-6-7-17-14-4-5-18-15(9-11-20(18,3)22)13(14)8-10-19(16,17)2;5-1-4-2-6-7-3-4;4*1-2;;;;;;;;;;/h12-13,16-21,29H,3-10,14H2,1-2H3;12-17,23H,3-11H2,1-2H3;13-18,22H,4-11H2,1-3H3;2-3H,(H,6,7);2H,1H3;;;;10*1H/t16-,17+,18+,19-,20+,21+,23-,24-;12-,13+,14+,15-,16+,17+,19-,20-;13-,14+,15+,16+,17-,18+,19+,20-;;;;;;;;;;;;;;;/m000.............../s1. The van der Waals surface area contributed by atoms with E-state index in [0.29, 0.717) is 69.3 Å². The monoisotopic (exact) mass is 1990 g/mol. The van der Waals surface area contributed by atoms with E-state index in [1.807, 2.05) is 13.0 Å². The second kappa shape index (κ2) is 33.3. The Morgan fingerprint density at radius 2 is 0.854 bits per heavy atom. The minimum absolute atomic E-state index is 0. The molecular weight excluding hydrogens is 1870 g/mol. The molecule has 0 unspecified atom stereocenters. The second-order valence-corrected chi connectivity index (χ2v) is 31.4. The first-order valence-electron chi connectivity index (χ1n) is 33.5. The van der Waals surface area contributed by atoms with Gasteiger partial charge in [-0.1, -0.05) is 36.7 Å². The number of hydrogen-bond donors (Lipinski definition) is 5. The average molecular weight is 1990 g/mol. The molecule has 2 heterocycles. The van der Waals surface area contributed by atoms with Gasteiger partial charge in [0.1, 0.15) is 23.7 Å². The van der Waals surface area contributed by atoms with Crippen molar-refractivity contribution in [3.05, 3.63) is 35.9 Å².